The van der Waals surface area contributed by atoms with Gasteiger partial charge in [-0.2, -0.15) is 17.4 Å². The van der Waals surface area contributed by atoms with Crippen molar-refractivity contribution in [1.29, 1.82) is 0 Å². The predicted molar refractivity (Wildman–Crippen MR) is 85.4 cm³/mol. The van der Waals surface area contributed by atoms with Crippen LogP contribution in [0.15, 0.2) is 0 Å². The Hall–Kier alpha value is -0.210. The summed E-state index contributed by atoms with van der Waals surface area (Å²) < 4.78 is 29.6. The molecule has 0 radical (unpaired) electrons. The third-order valence-electron chi connectivity index (χ3n) is 4.54. The van der Waals surface area contributed by atoms with Crippen molar-refractivity contribution in [3.05, 3.63) is 0 Å². The fraction of sp³-hybridized carbons (Fsp3) is 1.00. The van der Waals surface area contributed by atoms with E-state index in [1.807, 2.05) is 0 Å². The molecular weight excluding hydrogens is 288 g/mol. The highest BCUT2D eigenvalue weighted by atomic mass is 32.2. The van der Waals surface area contributed by atoms with E-state index in [1.54, 1.807) is 4.31 Å². The Morgan fingerprint density at radius 3 is 2.52 bits per heavy atom. The molecule has 2 saturated heterocycles. The lowest BCUT2D eigenvalue weighted by Crippen LogP contribution is -2.52. The third kappa shape index (κ3) is 5.17. The minimum Gasteiger partial charge on any atom is -0.317 e. The van der Waals surface area contributed by atoms with Crippen molar-refractivity contribution in [2.75, 3.05) is 46.3 Å². The van der Waals surface area contributed by atoms with Crippen LogP contribution >= 0.6 is 0 Å². The van der Waals surface area contributed by atoms with E-state index >= 15 is 0 Å². The van der Waals surface area contributed by atoms with Crippen molar-refractivity contribution >= 4 is 10.2 Å². The molecule has 2 rings (SSSR count). The Morgan fingerprint density at radius 2 is 1.86 bits per heavy atom. The van der Waals surface area contributed by atoms with Crippen molar-refractivity contribution in [1.82, 2.24) is 19.2 Å². The highest BCUT2D eigenvalue weighted by Crippen LogP contribution is 2.19. The summed E-state index contributed by atoms with van der Waals surface area (Å²) in [6, 6.07) is 0.0975. The van der Waals surface area contributed by atoms with Gasteiger partial charge in [0, 0.05) is 19.1 Å². The van der Waals surface area contributed by atoms with E-state index in [0.29, 0.717) is 19.0 Å². The van der Waals surface area contributed by atoms with E-state index in [0.717, 1.165) is 51.9 Å². The molecule has 21 heavy (non-hydrogen) atoms. The van der Waals surface area contributed by atoms with Gasteiger partial charge in [0.1, 0.15) is 0 Å². The molecule has 0 aromatic rings. The van der Waals surface area contributed by atoms with Gasteiger partial charge in [-0.25, -0.2) is 0 Å². The highest BCUT2D eigenvalue weighted by molar-refractivity contribution is 7.87. The first-order valence-electron chi connectivity index (χ1n) is 8.18. The van der Waals surface area contributed by atoms with Crippen LogP contribution in [0.1, 0.15) is 32.6 Å². The van der Waals surface area contributed by atoms with Crippen LogP contribution in [0.4, 0.5) is 0 Å². The van der Waals surface area contributed by atoms with Gasteiger partial charge in [-0.15, -0.1) is 0 Å². The molecular formula is C14H30N4O2S. The molecule has 6 nitrogen and oxygen atoms in total. The monoisotopic (exact) mass is 318 g/mol. The maximum Gasteiger partial charge on any atom is 0.279 e. The second-order valence-electron chi connectivity index (χ2n) is 6.37. The van der Waals surface area contributed by atoms with E-state index in [9.17, 15) is 8.42 Å². The van der Waals surface area contributed by atoms with Gasteiger partial charge in [0.05, 0.1) is 0 Å². The molecule has 0 bridgehead atoms. The average Bonchev–Trinajstić information content (AvgIpc) is 2.48. The lowest BCUT2D eigenvalue weighted by Gasteiger charge is -2.35. The second kappa shape index (κ2) is 7.87. The van der Waals surface area contributed by atoms with Gasteiger partial charge in [-0.3, -0.25) is 0 Å². The fourth-order valence-corrected chi connectivity index (χ4v) is 4.75. The van der Waals surface area contributed by atoms with Crippen molar-refractivity contribution in [2.24, 2.45) is 5.92 Å². The topological polar surface area (TPSA) is 64.7 Å². The van der Waals surface area contributed by atoms with Crippen LogP contribution in [0.5, 0.6) is 0 Å². The molecule has 0 aliphatic carbocycles. The molecule has 2 fully saturated rings. The van der Waals surface area contributed by atoms with E-state index < -0.39 is 10.2 Å². The summed E-state index contributed by atoms with van der Waals surface area (Å²) in [6.07, 6.45) is 3.90. The Balaban J connectivity index is 1.86. The summed E-state index contributed by atoms with van der Waals surface area (Å²) in [4.78, 5) is 2.25. The summed E-state index contributed by atoms with van der Waals surface area (Å²) in [5.74, 6) is 0.438. The Morgan fingerprint density at radius 1 is 1.14 bits per heavy atom. The summed E-state index contributed by atoms with van der Waals surface area (Å²) >= 11 is 0. The smallest absolute Gasteiger partial charge is 0.279 e. The number of rotatable bonds is 6. The highest BCUT2D eigenvalue weighted by Gasteiger charge is 2.31. The minimum atomic E-state index is -3.32. The molecule has 0 spiro atoms. The van der Waals surface area contributed by atoms with Gasteiger partial charge < -0.3 is 10.2 Å². The Kier molecular flexibility index (Phi) is 6.43. The first-order valence-corrected chi connectivity index (χ1v) is 9.62. The van der Waals surface area contributed by atoms with Crippen molar-refractivity contribution in [3.8, 4) is 0 Å². The largest absolute Gasteiger partial charge is 0.317 e. The molecule has 124 valence electrons. The average molecular weight is 318 g/mol. The van der Waals surface area contributed by atoms with Crippen LogP contribution in [-0.2, 0) is 10.2 Å². The molecule has 2 heterocycles. The quantitative estimate of drug-likeness (QED) is 0.736. The molecule has 1 unspecified atom stereocenters. The van der Waals surface area contributed by atoms with Crippen LogP contribution < -0.4 is 10.0 Å². The number of hydrogen-bond acceptors (Lipinski definition) is 4. The summed E-state index contributed by atoms with van der Waals surface area (Å²) in [7, 11) is -1.24. The van der Waals surface area contributed by atoms with Gasteiger partial charge in [0.15, 0.2) is 0 Å². The normalized spacial score (nSPS) is 27.0. The van der Waals surface area contributed by atoms with Crippen molar-refractivity contribution < 1.29 is 8.42 Å². The van der Waals surface area contributed by atoms with E-state index in [-0.39, 0.29) is 6.04 Å². The summed E-state index contributed by atoms with van der Waals surface area (Å²) in [6.45, 7) is 7.18. The van der Waals surface area contributed by atoms with Gasteiger partial charge in [-0.05, 0) is 64.8 Å². The lowest BCUT2D eigenvalue weighted by atomic mass is 10.00. The van der Waals surface area contributed by atoms with E-state index in [1.165, 1.54) is 0 Å². The first kappa shape index (κ1) is 17.1. The lowest BCUT2D eigenvalue weighted by molar-refractivity contribution is 0.235. The number of hydrogen-bond donors (Lipinski definition) is 2. The van der Waals surface area contributed by atoms with Crippen LogP contribution in [-0.4, -0.2) is 70.0 Å². The van der Waals surface area contributed by atoms with Crippen molar-refractivity contribution in [3.63, 3.8) is 0 Å². The van der Waals surface area contributed by atoms with Crippen LogP contribution in [0.3, 0.4) is 0 Å². The fourth-order valence-electron chi connectivity index (χ4n) is 3.17. The summed E-state index contributed by atoms with van der Waals surface area (Å²) in [5, 5.41) is 3.33. The zero-order valence-corrected chi connectivity index (χ0v) is 14.2. The first-order chi connectivity index (χ1) is 10.0. The van der Waals surface area contributed by atoms with Crippen LogP contribution in [0, 0.1) is 5.92 Å². The predicted octanol–water partition coefficient (Wildman–Crippen LogP) is 0.237. The Bertz CT molecular complexity index is 407. The SMILES string of the molecule is CCNCC1CCCN(S(=O)(=O)NC2CCN(C)CC2)C1. The molecule has 0 aromatic heterocycles. The van der Waals surface area contributed by atoms with Crippen LogP contribution in [0.25, 0.3) is 0 Å². The van der Waals surface area contributed by atoms with E-state index in [2.05, 4.69) is 28.9 Å². The minimum absolute atomic E-state index is 0.0975. The number of piperidine rings is 2. The van der Waals surface area contributed by atoms with Crippen LogP contribution in [0.2, 0.25) is 0 Å². The van der Waals surface area contributed by atoms with Crippen molar-refractivity contribution in [2.45, 2.75) is 38.6 Å². The summed E-state index contributed by atoms with van der Waals surface area (Å²) in [5.41, 5.74) is 0. The number of nitrogens with zero attached hydrogens (tertiary/aromatic N) is 2. The molecule has 7 heteroatoms. The Labute approximate surface area is 129 Å². The third-order valence-corrected chi connectivity index (χ3v) is 6.18. The second-order valence-corrected chi connectivity index (χ2v) is 8.08. The molecule has 1 atom stereocenters. The van der Waals surface area contributed by atoms with Gasteiger partial charge in [0.25, 0.3) is 10.2 Å². The maximum atomic E-state index is 12.5. The molecule has 2 aliphatic heterocycles. The number of nitrogens with one attached hydrogen (secondary N) is 2. The number of likely N-dealkylation sites (tertiary alicyclic amines) is 1. The van der Waals surface area contributed by atoms with Gasteiger partial charge in [0.2, 0.25) is 0 Å². The zero-order valence-electron chi connectivity index (χ0n) is 13.3. The maximum absolute atomic E-state index is 12.5. The zero-order chi connectivity index (χ0) is 15.3. The van der Waals surface area contributed by atoms with Gasteiger partial charge >= 0.3 is 0 Å². The molecule has 0 aromatic carbocycles. The molecule has 0 saturated carbocycles. The van der Waals surface area contributed by atoms with E-state index in [4.69, 9.17) is 0 Å². The molecule has 0 amide bonds. The van der Waals surface area contributed by atoms with Gasteiger partial charge in [-0.1, -0.05) is 6.92 Å². The standard InChI is InChI=1S/C14H30N4O2S/c1-3-15-11-13-5-4-8-18(12-13)21(19,20)16-14-6-9-17(2)10-7-14/h13-16H,3-12H2,1-2H3. The molecule has 2 aliphatic rings. The molecule has 2 N–H and O–H groups in total.